The Morgan fingerprint density at radius 1 is 1.09 bits per heavy atom. The number of aryl methyl sites for hydroxylation is 2. The molecule has 1 atom stereocenters. The minimum absolute atomic E-state index is 0.278. The van der Waals surface area contributed by atoms with Crippen molar-refractivity contribution in [3.05, 3.63) is 59.9 Å². The van der Waals surface area contributed by atoms with Crippen molar-refractivity contribution in [2.75, 3.05) is 6.61 Å². The molecule has 1 N–H and O–H groups in total. The van der Waals surface area contributed by atoms with E-state index in [1.54, 1.807) is 0 Å². The van der Waals surface area contributed by atoms with Gasteiger partial charge in [-0.15, -0.1) is 0 Å². The zero-order chi connectivity index (χ0) is 16.4. The number of aliphatic hydroxyl groups excluding tert-OH is 1. The molecule has 0 aliphatic rings. The number of rotatable bonds is 5. The summed E-state index contributed by atoms with van der Waals surface area (Å²) in [5.41, 5.74) is 3.37. The summed E-state index contributed by atoms with van der Waals surface area (Å²) in [4.78, 5) is 0. The van der Waals surface area contributed by atoms with Gasteiger partial charge < -0.3 is 9.84 Å². The van der Waals surface area contributed by atoms with Crippen molar-refractivity contribution >= 4 is 11.0 Å². The van der Waals surface area contributed by atoms with Gasteiger partial charge in [0, 0.05) is 6.92 Å². The number of nitrogens with zero attached hydrogens (tertiary/aromatic N) is 2. The van der Waals surface area contributed by atoms with E-state index in [0.717, 1.165) is 28.2 Å². The fourth-order valence-electron chi connectivity index (χ4n) is 2.90. The van der Waals surface area contributed by atoms with Crippen molar-refractivity contribution in [3.63, 3.8) is 0 Å². The van der Waals surface area contributed by atoms with Gasteiger partial charge in [0.1, 0.15) is 25.0 Å². The van der Waals surface area contributed by atoms with E-state index in [9.17, 15) is 5.11 Å². The third kappa shape index (κ3) is 3.08. The Morgan fingerprint density at radius 3 is 2.57 bits per heavy atom. The molecular weight excluding hydrogens is 288 g/mol. The lowest BCUT2D eigenvalue weighted by Gasteiger charge is -2.13. The number of para-hydroxylation sites is 3. The predicted molar refractivity (Wildman–Crippen MR) is 90.5 cm³/mol. The summed E-state index contributed by atoms with van der Waals surface area (Å²) in [5, 5.41) is 10.4. The van der Waals surface area contributed by atoms with Crippen LogP contribution in [0.1, 0.15) is 11.4 Å². The van der Waals surface area contributed by atoms with E-state index in [-0.39, 0.29) is 6.61 Å². The molecule has 0 unspecified atom stereocenters. The predicted octanol–water partition coefficient (Wildman–Crippen LogP) is 2.52. The van der Waals surface area contributed by atoms with Gasteiger partial charge in [0.15, 0.2) is 11.0 Å². The van der Waals surface area contributed by atoms with Crippen LogP contribution in [0.3, 0.4) is 0 Å². The van der Waals surface area contributed by atoms with Crippen LogP contribution < -0.4 is 9.30 Å². The SMILES string of the molecule is Cc1ccccc1OC[C@@H](O)Cn1c(C)[n+](C)c2ccccc21. The lowest BCUT2D eigenvalue weighted by atomic mass is 10.2. The molecular formula is C19H23N2O2+. The van der Waals surface area contributed by atoms with Crippen LogP contribution in [0.25, 0.3) is 11.0 Å². The molecule has 2 aromatic carbocycles. The Bertz CT molecular complexity index is 823. The van der Waals surface area contributed by atoms with Gasteiger partial charge in [-0.25, -0.2) is 9.13 Å². The highest BCUT2D eigenvalue weighted by molar-refractivity contribution is 5.72. The quantitative estimate of drug-likeness (QED) is 0.735. The first-order chi connectivity index (χ1) is 11.1. The van der Waals surface area contributed by atoms with Gasteiger partial charge in [0.05, 0.1) is 7.05 Å². The van der Waals surface area contributed by atoms with Crippen molar-refractivity contribution in [2.24, 2.45) is 7.05 Å². The first-order valence-corrected chi connectivity index (χ1v) is 7.88. The molecule has 120 valence electrons. The van der Waals surface area contributed by atoms with Crippen LogP contribution in [0.4, 0.5) is 0 Å². The summed E-state index contributed by atoms with van der Waals surface area (Å²) in [6.45, 7) is 4.86. The molecule has 0 fully saturated rings. The molecule has 0 saturated carbocycles. The van der Waals surface area contributed by atoms with Crippen LogP contribution in [0.5, 0.6) is 5.75 Å². The summed E-state index contributed by atoms with van der Waals surface area (Å²) in [6, 6.07) is 16.1. The second kappa shape index (κ2) is 6.42. The zero-order valence-electron chi connectivity index (χ0n) is 13.9. The first kappa shape index (κ1) is 15.6. The van der Waals surface area contributed by atoms with Crippen molar-refractivity contribution in [1.82, 2.24) is 4.57 Å². The number of benzene rings is 2. The Kier molecular flexibility index (Phi) is 4.35. The third-order valence-corrected chi connectivity index (χ3v) is 4.33. The lowest BCUT2D eigenvalue weighted by Crippen LogP contribution is -2.32. The number of hydrogen-bond acceptors (Lipinski definition) is 2. The summed E-state index contributed by atoms with van der Waals surface area (Å²) < 4.78 is 10.0. The van der Waals surface area contributed by atoms with Gasteiger partial charge in [0.2, 0.25) is 0 Å². The smallest absolute Gasteiger partial charge is 0.254 e. The topological polar surface area (TPSA) is 38.3 Å². The number of aromatic nitrogens is 2. The third-order valence-electron chi connectivity index (χ3n) is 4.33. The molecule has 0 amide bonds. The molecule has 0 aliphatic heterocycles. The fraction of sp³-hybridized carbons (Fsp3) is 0.316. The minimum Gasteiger partial charge on any atom is -0.490 e. The molecule has 4 heteroatoms. The number of ether oxygens (including phenoxy) is 1. The summed E-state index contributed by atoms with van der Waals surface area (Å²) >= 11 is 0. The Balaban J connectivity index is 1.75. The van der Waals surface area contributed by atoms with Crippen LogP contribution >= 0.6 is 0 Å². The van der Waals surface area contributed by atoms with E-state index in [1.165, 1.54) is 0 Å². The lowest BCUT2D eigenvalue weighted by molar-refractivity contribution is -0.652. The van der Waals surface area contributed by atoms with Gasteiger partial charge in [-0.1, -0.05) is 30.3 Å². The normalized spacial score (nSPS) is 12.5. The largest absolute Gasteiger partial charge is 0.490 e. The Labute approximate surface area is 136 Å². The van der Waals surface area contributed by atoms with Gasteiger partial charge in [-0.3, -0.25) is 0 Å². The minimum atomic E-state index is -0.566. The highest BCUT2D eigenvalue weighted by Crippen LogP contribution is 2.17. The molecule has 4 nitrogen and oxygen atoms in total. The molecule has 0 bridgehead atoms. The van der Waals surface area contributed by atoms with Gasteiger partial charge in [-0.2, -0.15) is 0 Å². The van der Waals surface area contributed by atoms with Crippen LogP contribution in [0.2, 0.25) is 0 Å². The maximum atomic E-state index is 10.4. The van der Waals surface area contributed by atoms with Crippen LogP contribution in [0.15, 0.2) is 48.5 Å². The monoisotopic (exact) mass is 311 g/mol. The second-order valence-corrected chi connectivity index (χ2v) is 5.94. The summed E-state index contributed by atoms with van der Waals surface area (Å²) in [5.74, 6) is 1.94. The van der Waals surface area contributed by atoms with E-state index in [1.807, 2.05) is 50.4 Å². The molecule has 3 aromatic rings. The number of aliphatic hydroxyl groups is 1. The van der Waals surface area contributed by atoms with Crippen LogP contribution in [-0.4, -0.2) is 22.4 Å². The van der Waals surface area contributed by atoms with Crippen LogP contribution in [-0.2, 0) is 13.6 Å². The number of fused-ring (bicyclic) bond motifs is 1. The van der Waals surface area contributed by atoms with E-state index < -0.39 is 6.10 Å². The summed E-state index contributed by atoms with van der Waals surface area (Å²) in [7, 11) is 2.05. The number of imidazole rings is 1. The fourth-order valence-corrected chi connectivity index (χ4v) is 2.90. The van der Waals surface area contributed by atoms with E-state index in [0.29, 0.717) is 6.54 Å². The highest BCUT2D eigenvalue weighted by Gasteiger charge is 2.21. The van der Waals surface area contributed by atoms with E-state index >= 15 is 0 Å². The molecule has 3 rings (SSSR count). The number of hydrogen-bond donors (Lipinski definition) is 1. The average Bonchev–Trinajstić information content (AvgIpc) is 2.80. The van der Waals surface area contributed by atoms with E-state index in [2.05, 4.69) is 28.2 Å². The van der Waals surface area contributed by atoms with Crippen molar-refractivity contribution in [3.8, 4) is 5.75 Å². The van der Waals surface area contributed by atoms with E-state index in [4.69, 9.17) is 4.74 Å². The van der Waals surface area contributed by atoms with Crippen molar-refractivity contribution in [1.29, 1.82) is 0 Å². The van der Waals surface area contributed by atoms with Gasteiger partial charge >= 0.3 is 0 Å². The molecule has 1 aromatic heterocycles. The molecule has 0 spiro atoms. The van der Waals surface area contributed by atoms with Crippen molar-refractivity contribution < 1.29 is 14.4 Å². The maximum absolute atomic E-state index is 10.4. The Morgan fingerprint density at radius 2 is 1.78 bits per heavy atom. The highest BCUT2D eigenvalue weighted by atomic mass is 16.5. The second-order valence-electron chi connectivity index (χ2n) is 5.94. The van der Waals surface area contributed by atoms with Gasteiger partial charge in [0.25, 0.3) is 5.82 Å². The molecule has 0 saturated heterocycles. The molecule has 1 heterocycles. The Hall–Kier alpha value is -2.33. The zero-order valence-corrected chi connectivity index (χ0v) is 13.9. The maximum Gasteiger partial charge on any atom is 0.254 e. The molecule has 0 radical (unpaired) electrons. The molecule has 23 heavy (non-hydrogen) atoms. The van der Waals surface area contributed by atoms with Crippen molar-refractivity contribution in [2.45, 2.75) is 26.5 Å². The first-order valence-electron chi connectivity index (χ1n) is 7.88. The summed E-state index contributed by atoms with van der Waals surface area (Å²) in [6.07, 6.45) is -0.566. The standard InChI is InChI=1S/C19H23N2O2/c1-14-8-4-7-11-19(14)23-13-16(22)12-21-15(2)20(3)17-9-5-6-10-18(17)21/h4-11,16,22H,12-13H2,1-3H3/q+1/t16-/m0/s1. The van der Waals surface area contributed by atoms with Crippen LogP contribution in [0, 0.1) is 13.8 Å². The average molecular weight is 311 g/mol. The molecule has 0 aliphatic carbocycles. The van der Waals surface area contributed by atoms with Gasteiger partial charge in [-0.05, 0) is 30.7 Å².